The van der Waals surface area contributed by atoms with Crippen LogP contribution in [0.1, 0.15) is 119 Å². The molecule has 364 valence electrons. The lowest BCUT2D eigenvalue weighted by atomic mass is 9.73. The molecule has 4 aliphatic rings. The monoisotopic (exact) mass is 930 g/mol. The number of cyclic esters (lactones) is 1. The van der Waals surface area contributed by atoms with Crippen LogP contribution >= 0.6 is 11.3 Å². The van der Waals surface area contributed by atoms with Gasteiger partial charge in [0.1, 0.15) is 24.0 Å². The Morgan fingerprint density at radius 3 is 2.35 bits per heavy atom. The van der Waals surface area contributed by atoms with E-state index in [2.05, 4.69) is 5.32 Å². The van der Waals surface area contributed by atoms with Gasteiger partial charge in [-0.2, -0.15) is 0 Å². The van der Waals surface area contributed by atoms with E-state index in [0.29, 0.717) is 55.5 Å². The van der Waals surface area contributed by atoms with Gasteiger partial charge in [-0.1, -0.05) is 45.4 Å². The van der Waals surface area contributed by atoms with Crippen molar-refractivity contribution in [3.05, 3.63) is 40.8 Å². The quantitative estimate of drug-likeness (QED) is 0.129. The van der Waals surface area contributed by atoms with Crippen molar-refractivity contribution in [1.82, 2.24) is 4.90 Å². The van der Waals surface area contributed by atoms with Gasteiger partial charge in [0.2, 0.25) is 11.7 Å². The lowest BCUT2D eigenvalue weighted by Crippen LogP contribution is -2.64. The van der Waals surface area contributed by atoms with E-state index in [1.54, 1.807) is 26.8 Å². The number of thiophene rings is 1. The van der Waals surface area contributed by atoms with Crippen LogP contribution in [0.25, 0.3) is 0 Å². The molecule has 3 aliphatic heterocycles. The van der Waals surface area contributed by atoms with Crippen LogP contribution in [0.4, 0.5) is 5.00 Å². The normalized spacial score (nSPS) is 37.7. The van der Waals surface area contributed by atoms with Crippen LogP contribution < -0.4 is 5.32 Å². The van der Waals surface area contributed by atoms with E-state index >= 15 is 0 Å². The van der Waals surface area contributed by atoms with Gasteiger partial charge in [0, 0.05) is 52.0 Å². The smallest absolute Gasteiger partial charge is 0.329 e. The Labute approximate surface area is 388 Å². The van der Waals surface area contributed by atoms with E-state index in [1.807, 2.05) is 44.4 Å². The molecule has 4 N–H and O–H groups in total. The number of ether oxygens (including phenoxy) is 5. The first-order chi connectivity index (χ1) is 30.8. The minimum atomic E-state index is -2.54. The molecule has 1 saturated carbocycles. The summed E-state index contributed by atoms with van der Waals surface area (Å²) in [7, 11) is 4.54. The van der Waals surface area contributed by atoms with E-state index in [-0.39, 0.29) is 62.2 Å². The highest BCUT2D eigenvalue weighted by molar-refractivity contribution is 7.14. The molecule has 0 spiro atoms. The Hall–Kier alpha value is -3.35. The van der Waals surface area contributed by atoms with Gasteiger partial charge in [-0.15, -0.1) is 11.3 Å². The van der Waals surface area contributed by atoms with Crippen LogP contribution in [0.3, 0.4) is 0 Å². The predicted octanol–water partition coefficient (Wildman–Crippen LogP) is 5.93. The minimum Gasteiger partial charge on any atom is -0.456 e. The molecule has 16 heteroatoms. The number of Topliss-reactive ketones (excluding diaryl/α,β-unsaturated/α-hetero) is 2. The van der Waals surface area contributed by atoms with Crippen LogP contribution in [0, 0.1) is 29.6 Å². The number of aliphatic hydroxyl groups excluding tert-OH is 1. The average molecular weight is 931 g/mol. The first-order valence-electron chi connectivity index (χ1n) is 23.4. The third kappa shape index (κ3) is 12.6. The fourth-order valence-corrected chi connectivity index (χ4v) is 11.2. The molecule has 14 atom stereocenters. The Bertz CT molecular complexity index is 1870. The lowest BCUT2D eigenvalue weighted by Gasteiger charge is -2.47. The number of carbonyl (C=O) groups is 5. The number of fused-ring (bicyclic) bond motifs is 3. The first-order valence-corrected chi connectivity index (χ1v) is 24.3. The van der Waals surface area contributed by atoms with E-state index in [4.69, 9.17) is 23.7 Å². The van der Waals surface area contributed by atoms with Gasteiger partial charge in [-0.3, -0.25) is 19.2 Å². The van der Waals surface area contributed by atoms with Gasteiger partial charge in [0.05, 0.1) is 41.4 Å². The summed E-state index contributed by atoms with van der Waals surface area (Å²) in [6, 6.07) is 2.42. The third-order valence-corrected chi connectivity index (χ3v) is 15.2. The Morgan fingerprint density at radius 2 is 1.71 bits per heavy atom. The number of esters is 1. The fraction of sp³-hybridized carbons (Fsp3) is 0.735. The molecule has 2 saturated heterocycles. The Balaban J connectivity index is 1.48. The number of hydrogen-bond acceptors (Lipinski definition) is 14. The Kier molecular flexibility index (Phi) is 18.7. The van der Waals surface area contributed by atoms with Gasteiger partial charge >= 0.3 is 5.97 Å². The molecular formula is C49H74N2O13S. The second-order valence-electron chi connectivity index (χ2n) is 19.3. The predicted molar refractivity (Wildman–Crippen MR) is 245 cm³/mol. The molecule has 1 aliphatic carbocycles. The molecule has 2 bridgehead atoms. The number of carbonyl (C=O) groups excluding carboxylic acids is 5. The van der Waals surface area contributed by atoms with Crippen molar-refractivity contribution in [3.63, 3.8) is 0 Å². The van der Waals surface area contributed by atoms with Crippen molar-refractivity contribution in [1.29, 1.82) is 0 Å². The van der Waals surface area contributed by atoms with E-state index in [0.717, 1.165) is 5.57 Å². The Morgan fingerprint density at radius 1 is 1.00 bits per heavy atom. The number of anilines is 1. The second kappa shape index (κ2) is 23.1. The molecule has 5 rings (SSSR count). The van der Waals surface area contributed by atoms with Crippen LogP contribution in [0.15, 0.2) is 40.8 Å². The van der Waals surface area contributed by atoms with Crippen LogP contribution in [-0.2, 0) is 47.7 Å². The SMILES string of the molecule is CCC1C=C(C)CC(C)CC(OC)C2OC(O)(C(=O)C(=O)N3CCCCC3C(=O)OC(C(C)=CC3CCC(O)(CC(=O)Nc4cccs4)C(OC)C3)C(C)C(O)CC1=O)C(C)CC2OC. The first kappa shape index (κ1) is 52.6. The molecule has 3 fully saturated rings. The van der Waals surface area contributed by atoms with Crippen molar-refractivity contribution in [2.45, 2.75) is 173 Å². The summed E-state index contributed by atoms with van der Waals surface area (Å²) < 4.78 is 30.1. The van der Waals surface area contributed by atoms with E-state index < -0.39 is 89.5 Å². The third-order valence-electron chi connectivity index (χ3n) is 14.4. The highest BCUT2D eigenvalue weighted by atomic mass is 32.1. The molecular weight excluding hydrogens is 857 g/mol. The van der Waals surface area contributed by atoms with Crippen LogP contribution in [-0.4, -0.2) is 131 Å². The molecule has 1 aromatic heterocycles. The number of methoxy groups -OCH3 is 3. The van der Waals surface area contributed by atoms with Gasteiger partial charge in [-0.05, 0) is 113 Å². The molecule has 4 heterocycles. The maximum atomic E-state index is 14.5. The molecule has 14 unspecified atom stereocenters. The second-order valence-corrected chi connectivity index (χ2v) is 20.3. The summed E-state index contributed by atoms with van der Waals surface area (Å²) in [6.07, 6.45) is 2.54. The summed E-state index contributed by atoms with van der Waals surface area (Å²) >= 11 is 1.38. The van der Waals surface area contributed by atoms with Crippen molar-refractivity contribution in [2.24, 2.45) is 29.6 Å². The summed E-state index contributed by atoms with van der Waals surface area (Å²) in [5, 5.41) is 41.0. The zero-order chi connectivity index (χ0) is 47.8. The van der Waals surface area contributed by atoms with Crippen molar-refractivity contribution >= 4 is 45.7 Å². The number of rotatable bonds is 9. The number of nitrogens with zero attached hydrogens (tertiary/aromatic N) is 1. The maximum absolute atomic E-state index is 14.5. The van der Waals surface area contributed by atoms with Crippen LogP contribution in [0.5, 0.6) is 0 Å². The van der Waals surface area contributed by atoms with E-state index in [1.165, 1.54) is 37.6 Å². The van der Waals surface area contributed by atoms with Crippen molar-refractivity contribution < 1.29 is 63.0 Å². The number of allylic oxidation sites excluding steroid dienone is 3. The molecule has 1 aromatic rings. The minimum absolute atomic E-state index is 0.00948. The van der Waals surface area contributed by atoms with Crippen molar-refractivity contribution in [2.75, 3.05) is 33.2 Å². The van der Waals surface area contributed by atoms with Gasteiger partial charge in [0.25, 0.3) is 11.7 Å². The summed E-state index contributed by atoms with van der Waals surface area (Å²) in [5.41, 5.74) is 0.129. The summed E-state index contributed by atoms with van der Waals surface area (Å²) in [6.45, 7) is 11.1. The zero-order valence-corrected chi connectivity index (χ0v) is 40.6. The van der Waals surface area contributed by atoms with Gasteiger partial charge in [-0.25, -0.2) is 4.79 Å². The van der Waals surface area contributed by atoms with Gasteiger partial charge in [0.15, 0.2) is 0 Å². The molecule has 65 heavy (non-hydrogen) atoms. The number of aliphatic hydroxyl groups is 3. The number of hydrogen-bond donors (Lipinski definition) is 4. The molecule has 2 amide bonds. The highest BCUT2D eigenvalue weighted by Crippen LogP contribution is 2.41. The number of piperidine rings is 1. The fourth-order valence-electron chi connectivity index (χ4n) is 10.5. The maximum Gasteiger partial charge on any atom is 0.329 e. The topological polar surface area (TPSA) is 207 Å². The van der Waals surface area contributed by atoms with Crippen molar-refractivity contribution in [3.8, 4) is 0 Å². The highest BCUT2D eigenvalue weighted by Gasteiger charge is 2.57. The van der Waals surface area contributed by atoms with Gasteiger partial charge < -0.3 is 49.2 Å². The molecule has 15 nitrogen and oxygen atoms in total. The standard InChI is InChI=1S/C49H74N2O13S/c1-10-34-21-28(2)20-29(3)22-38(60-7)44-39(61-8)24-31(5)49(59,64-44)45(55)46(56)51-18-12-11-14-35(51)47(57)63-43(32(6)36(52)26-37(34)53)30(4)23-33-16-17-48(58,40(25-33)62-9)27-41(54)50-42-15-13-19-65-42/h13,15,19,21,23,29,31-36,38-40,43-44,52,58-59H,10-12,14,16-18,20,22,24-27H2,1-9H3,(H,50,54). The summed E-state index contributed by atoms with van der Waals surface area (Å²) in [4.78, 5) is 71.3. The zero-order valence-electron chi connectivity index (χ0n) is 39.8. The number of ketones is 2. The van der Waals surface area contributed by atoms with Crippen LogP contribution in [0.2, 0.25) is 0 Å². The average Bonchev–Trinajstić information content (AvgIpc) is 3.79. The summed E-state index contributed by atoms with van der Waals surface area (Å²) in [5.74, 6) is -8.35. The van der Waals surface area contributed by atoms with E-state index in [9.17, 15) is 39.3 Å². The number of amides is 2. The molecule has 0 aromatic carbocycles. The molecule has 0 radical (unpaired) electrons. The number of nitrogens with one attached hydrogen (secondary N) is 1. The lowest BCUT2D eigenvalue weighted by molar-refractivity contribution is -0.302. The largest absolute Gasteiger partial charge is 0.456 e.